The normalized spacial score (nSPS) is 11.0. The van der Waals surface area contributed by atoms with Crippen LogP contribution in [0.3, 0.4) is 0 Å². The highest BCUT2D eigenvalue weighted by atomic mass is 16.4. The molecule has 2 rings (SSSR count). The number of carboxylic acids is 1. The zero-order chi connectivity index (χ0) is 15.6. The Kier molecular flexibility index (Phi) is 4.31. The Hall–Kier alpha value is -2.30. The Morgan fingerprint density at radius 1 is 1.29 bits per heavy atom. The van der Waals surface area contributed by atoms with Crippen LogP contribution in [0.2, 0.25) is 0 Å². The smallest absolute Gasteiger partial charge is 0.323 e. The molecule has 0 radical (unpaired) electrons. The molecule has 112 valence electrons. The largest absolute Gasteiger partial charge is 0.480 e. The summed E-state index contributed by atoms with van der Waals surface area (Å²) in [6.45, 7) is 5.48. The predicted molar refractivity (Wildman–Crippen MR) is 81.2 cm³/mol. The van der Waals surface area contributed by atoms with E-state index in [0.29, 0.717) is 0 Å². The second-order valence-electron chi connectivity index (χ2n) is 5.44. The van der Waals surface area contributed by atoms with Gasteiger partial charge in [0.05, 0.1) is 0 Å². The molecule has 0 aliphatic heterocycles. The molecular formula is C16H20N2O3. The van der Waals surface area contributed by atoms with E-state index in [2.05, 4.69) is 0 Å². The van der Waals surface area contributed by atoms with E-state index in [1.165, 1.54) is 4.90 Å². The van der Waals surface area contributed by atoms with Crippen molar-refractivity contribution in [3.63, 3.8) is 0 Å². The fourth-order valence-corrected chi connectivity index (χ4v) is 2.49. The predicted octanol–water partition coefficient (Wildman–Crippen LogP) is 2.27. The molecule has 2 aromatic rings. The van der Waals surface area contributed by atoms with Crippen LogP contribution in [-0.4, -0.2) is 39.0 Å². The quantitative estimate of drug-likeness (QED) is 0.918. The topological polar surface area (TPSA) is 62.5 Å². The number of aliphatic carboxylic acids is 1. The molecule has 0 unspecified atom stereocenters. The lowest BCUT2D eigenvalue weighted by molar-refractivity contribution is -0.146. The summed E-state index contributed by atoms with van der Waals surface area (Å²) in [6, 6.07) is 9.74. The number of aryl methyl sites for hydroxylation is 1. The highest BCUT2D eigenvalue weighted by Crippen LogP contribution is 2.19. The Morgan fingerprint density at radius 3 is 2.57 bits per heavy atom. The lowest BCUT2D eigenvalue weighted by Crippen LogP contribution is -2.42. The average Bonchev–Trinajstić information content (AvgIpc) is 2.72. The number of carboxylic acid groups (broad SMARTS) is 1. The van der Waals surface area contributed by atoms with Gasteiger partial charge in [-0.1, -0.05) is 18.2 Å². The van der Waals surface area contributed by atoms with Crippen molar-refractivity contribution >= 4 is 22.8 Å². The fraction of sp³-hybridized carbons (Fsp3) is 0.375. The molecule has 0 bridgehead atoms. The van der Waals surface area contributed by atoms with Gasteiger partial charge in [-0.3, -0.25) is 9.59 Å². The molecule has 0 fully saturated rings. The minimum Gasteiger partial charge on any atom is -0.480 e. The van der Waals surface area contributed by atoms with Crippen LogP contribution >= 0.6 is 0 Å². The van der Waals surface area contributed by atoms with Gasteiger partial charge in [0.1, 0.15) is 13.1 Å². The molecule has 21 heavy (non-hydrogen) atoms. The maximum Gasteiger partial charge on any atom is 0.323 e. The summed E-state index contributed by atoms with van der Waals surface area (Å²) in [5, 5.41) is 10.0. The van der Waals surface area contributed by atoms with Gasteiger partial charge in [-0.25, -0.2) is 0 Å². The number of para-hydroxylation sites is 1. The van der Waals surface area contributed by atoms with Crippen LogP contribution in [0.1, 0.15) is 19.5 Å². The second-order valence-corrected chi connectivity index (χ2v) is 5.44. The third-order valence-electron chi connectivity index (χ3n) is 3.56. The van der Waals surface area contributed by atoms with Gasteiger partial charge in [0.2, 0.25) is 5.91 Å². The molecule has 0 aliphatic carbocycles. The molecule has 0 aliphatic rings. The monoisotopic (exact) mass is 288 g/mol. The average molecular weight is 288 g/mol. The molecule has 5 heteroatoms. The summed E-state index contributed by atoms with van der Waals surface area (Å²) in [5.74, 6) is -1.18. The molecule has 0 atom stereocenters. The third kappa shape index (κ3) is 3.24. The van der Waals surface area contributed by atoms with Gasteiger partial charge < -0.3 is 14.6 Å². The second kappa shape index (κ2) is 5.99. The lowest BCUT2D eigenvalue weighted by atomic mass is 10.2. The maximum atomic E-state index is 12.4. The first kappa shape index (κ1) is 15.1. The van der Waals surface area contributed by atoms with Crippen molar-refractivity contribution in [1.82, 2.24) is 9.47 Å². The van der Waals surface area contributed by atoms with E-state index in [1.807, 2.05) is 55.7 Å². The first-order chi connectivity index (χ1) is 9.90. The molecule has 0 spiro atoms. The van der Waals surface area contributed by atoms with Crippen molar-refractivity contribution in [2.24, 2.45) is 0 Å². The zero-order valence-corrected chi connectivity index (χ0v) is 12.5. The van der Waals surface area contributed by atoms with Gasteiger partial charge in [-0.2, -0.15) is 0 Å². The number of aromatic nitrogens is 1. The number of fused-ring (bicyclic) bond motifs is 1. The Morgan fingerprint density at radius 2 is 1.95 bits per heavy atom. The van der Waals surface area contributed by atoms with Crippen LogP contribution in [0.5, 0.6) is 0 Å². The number of rotatable bonds is 5. The lowest BCUT2D eigenvalue weighted by Gasteiger charge is -2.25. The van der Waals surface area contributed by atoms with E-state index < -0.39 is 5.97 Å². The molecule has 0 saturated heterocycles. The number of benzene rings is 1. The number of hydrogen-bond donors (Lipinski definition) is 1. The molecular weight excluding hydrogens is 268 g/mol. The van der Waals surface area contributed by atoms with Crippen molar-refractivity contribution in [3.05, 3.63) is 36.0 Å². The van der Waals surface area contributed by atoms with E-state index in [1.54, 1.807) is 0 Å². The van der Waals surface area contributed by atoms with Crippen LogP contribution in [0, 0.1) is 6.92 Å². The first-order valence-electron chi connectivity index (χ1n) is 6.96. The summed E-state index contributed by atoms with van der Waals surface area (Å²) < 4.78 is 1.93. The summed E-state index contributed by atoms with van der Waals surface area (Å²) in [7, 11) is 0. The standard InChI is InChI=1S/C16H20N2O3/c1-11(2)17(10-16(20)21)15(19)9-18-12(3)8-13-6-4-5-7-14(13)18/h4-8,11H,9-10H2,1-3H3,(H,20,21). The summed E-state index contributed by atoms with van der Waals surface area (Å²) in [6.07, 6.45) is 0. The van der Waals surface area contributed by atoms with E-state index >= 15 is 0 Å². The number of carbonyl (C=O) groups excluding carboxylic acids is 1. The van der Waals surface area contributed by atoms with Crippen LogP contribution in [0.4, 0.5) is 0 Å². The van der Waals surface area contributed by atoms with E-state index in [4.69, 9.17) is 5.11 Å². The molecule has 1 amide bonds. The Labute approximate surface area is 123 Å². The zero-order valence-electron chi connectivity index (χ0n) is 12.5. The van der Waals surface area contributed by atoms with Crippen LogP contribution < -0.4 is 0 Å². The van der Waals surface area contributed by atoms with Gasteiger partial charge in [0.15, 0.2) is 0 Å². The van der Waals surface area contributed by atoms with Crippen LogP contribution in [-0.2, 0) is 16.1 Å². The fourth-order valence-electron chi connectivity index (χ4n) is 2.49. The van der Waals surface area contributed by atoms with Crippen LogP contribution in [0.15, 0.2) is 30.3 Å². The number of amides is 1. The number of carbonyl (C=O) groups is 2. The van der Waals surface area contributed by atoms with Gasteiger partial charge in [0.25, 0.3) is 0 Å². The third-order valence-corrected chi connectivity index (χ3v) is 3.56. The Balaban J connectivity index is 2.28. The number of nitrogens with zero attached hydrogens (tertiary/aromatic N) is 2. The van der Waals surface area contributed by atoms with E-state index in [9.17, 15) is 9.59 Å². The first-order valence-corrected chi connectivity index (χ1v) is 6.96. The highest BCUT2D eigenvalue weighted by molar-refractivity contribution is 5.85. The van der Waals surface area contributed by atoms with Gasteiger partial charge >= 0.3 is 5.97 Å². The van der Waals surface area contributed by atoms with Crippen LogP contribution in [0.25, 0.3) is 10.9 Å². The van der Waals surface area contributed by atoms with Crippen molar-refractivity contribution in [1.29, 1.82) is 0 Å². The summed E-state index contributed by atoms with van der Waals surface area (Å²) >= 11 is 0. The van der Waals surface area contributed by atoms with Crippen molar-refractivity contribution < 1.29 is 14.7 Å². The maximum absolute atomic E-state index is 12.4. The summed E-state index contributed by atoms with van der Waals surface area (Å²) in [4.78, 5) is 24.7. The SMILES string of the molecule is Cc1cc2ccccc2n1CC(=O)N(CC(=O)O)C(C)C. The van der Waals surface area contributed by atoms with Gasteiger partial charge in [-0.05, 0) is 38.3 Å². The van der Waals surface area contributed by atoms with E-state index in [0.717, 1.165) is 16.6 Å². The molecule has 1 N–H and O–H groups in total. The number of hydrogen-bond acceptors (Lipinski definition) is 2. The molecule has 1 heterocycles. The summed E-state index contributed by atoms with van der Waals surface area (Å²) in [5.41, 5.74) is 1.98. The van der Waals surface area contributed by atoms with Crippen molar-refractivity contribution in [2.45, 2.75) is 33.4 Å². The van der Waals surface area contributed by atoms with Crippen molar-refractivity contribution in [2.75, 3.05) is 6.54 Å². The van der Waals surface area contributed by atoms with E-state index in [-0.39, 0.29) is 25.0 Å². The molecule has 5 nitrogen and oxygen atoms in total. The Bertz CT molecular complexity index is 673. The molecule has 1 aromatic carbocycles. The molecule has 1 aromatic heterocycles. The highest BCUT2D eigenvalue weighted by Gasteiger charge is 2.21. The molecule has 0 saturated carbocycles. The van der Waals surface area contributed by atoms with Gasteiger partial charge in [0, 0.05) is 17.3 Å². The van der Waals surface area contributed by atoms with Crippen molar-refractivity contribution in [3.8, 4) is 0 Å². The minimum absolute atomic E-state index is 0.143. The van der Waals surface area contributed by atoms with Gasteiger partial charge in [-0.15, -0.1) is 0 Å². The minimum atomic E-state index is -0.994.